The zero-order chi connectivity index (χ0) is 28.8. The molecule has 0 spiro atoms. The molecular weight excluding hydrogens is 562 g/mol. The van der Waals surface area contributed by atoms with Gasteiger partial charge in [-0.25, -0.2) is 0 Å². The average molecular weight is 604 g/mol. The Labute approximate surface area is 247 Å². The smallest absolute Gasteiger partial charge is 0.254 e. The van der Waals surface area contributed by atoms with E-state index in [0.29, 0.717) is 39.3 Å². The normalized spacial score (nSPS) is 26.1. The van der Waals surface area contributed by atoms with Crippen LogP contribution in [0.15, 0.2) is 21.8 Å². The van der Waals surface area contributed by atoms with Gasteiger partial charge in [0, 0.05) is 60.8 Å². The maximum absolute atomic E-state index is 13.3. The van der Waals surface area contributed by atoms with Crippen molar-refractivity contribution in [1.29, 1.82) is 0 Å². The van der Waals surface area contributed by atoms with E-state index in [2.05, 4.69) is 28.3 Å². The minimum absolute atomic E-state index is 0.119. The number of carbonyl (C=O) groups is 1. The van der Waals surface area contributed by atoms with E-state index in [1.165, 1.54) is 36.9 Å². The van der Waals surface area contributed by atoms with E-state index < -0.39 is 13.9 Å². The van der Waals surface area contributed by atoms with Crippen LogP contribution in [0.1, 0.15) is 59.8 Å². The lowest BCUT2D eigenvalue weighted by Crippen LogP contribution is -2.50. The number of thioether (sulfide) groups is 1. The molecule has 0 radical (unpaired) electrons. The summed E-state index contributed by atoms with van der Waals surface area (Å²) >= 11 is 8.15. The lowest BCUT2D eigenvalue weighted by molar-refractivity contribution is -0.124. The Hall–Kier alpha value is -1.94. The summed E-state index contributed by atoms with van der Waals surface area (Å²) in [6, 6.07) is 7.02. The molecule has 0 bridgehead atoms. The van der Waals surface area contributed by atoms with Gasteiger partial charge >= 0.3 is 0 Å². The molecule has 5 rings (SSSR count). The molecule has 1 saturated carbocycles. The van der Waals surface area contributed by atoms with Crippen LogP contribution in [-0.4, -0.2) is 55.0 Å². The van der Waals surface area contributed by atoms with E-state index in [4.69, 9.17) is 21.1 Å². The summed E-state index contributed by atoms with van der Waals surface area (Å²) in [5, 5.41) is 3.27. The van der Waals surface area contributed by atoms with Gasteiger partial charge in [0.1, 0.15) is 0 Å². The lowest BCUT2D eigenvalue weighted by atomic mass is 9.80. The maximum atomic E-state index is 13.3. The molecule has 218 valence electrons. The molecule has 2 fully saturated rings. The van der Waals surface area contributed by atoms with Crippen LogP contribution in [0.2, 0.25) is 30.2 Å². The molecular formula is C30H42ClN3O4SSi. The van der Waals surface area contributed by atoms with Crippen molar-refractivity contribution >= 4 is 37.3 Å². The van der Waals surface area contributed by atoms with E-state index in [1.807, 2.05) is 33.1 Å². The highest BCUT2D eigenvalue weighted by Gasteiger charge is 2.48. The second-order valence-corrected chi connectivity index (χ2v) is 19.2. The molecule has 40 heavy (non-hydrogen) atoms. The first-order valence-corrected chi connectivity index (χ1v) is 19.4. The molecule has 1 aliphatic carbocycles. The summed E-state index contributed by atoms with van der Waals surface area (Å²) in [6.45, 7) is 13.4. The number of nitrogens with zero attached hydrogens (tertiary/aromatic N) is 1. The topological polar surface area (TPSA) is 83.7 Å². The minimum Gasteiger partial charge on any atom is -0.448 e. The second-order valence-electron chi connectivity index (χ2n) is 12.6. The Balaban J connectivity index is 1.26. The summed E-state index contributed by atoms with van der Waals surface area (Å²) in [7, 11) is -0.973. The number of nitrogens with one attached hydrogen (secondary N) is 2. The van der Waals surface area contributed by atoms with Crippen LogP contribution < -0.4 is 20.3 Å². The number of pyridine rings is 1. The predicted molar refractivity (Wildman–Crippen MR) is 165 cm³/mol. The molecule has 2 aromatic rings. The third-order valence-corrected chi connectivity index (χ3v) is 13.5. The van der Waals surface area contributed by atoms with Crippen LogP contribution in [0.4, 0.5) is 0 Å². The van der Waals surface area contributed by atoms with Crippen LogP contribution in [0.5, 0.6) is 11.5 Å². The maximum Gasteiger partial charge on any atom is 0.254 e. The first kappa shape index (κ1) is 29.5. The van der Waals surface area contributed by atoms with Crippen molar-refractivity contribution in [3.63, 3.8) is 0 Å². The highest BCUT2D eigenvalue weighted by atomic mass is 35.5. The van der Waals surface area contributed by atoms with E-state index in [-0.39, 0.29) is 23.9 Å². The summed E-state index contributed by atoms with van der Waals surface area (Å²) < 4.78 is 13.0. The van der Waals surface area contributed by atoms with Gasteiger partial charge in [-0.05, 0) is 83.1 Å². The molecule has 2 N–H and O–H groups in total. The van der Waals surface area contributed by atoms with E-state index in [9.17, 15) is 9.59 Å². The number of aryl methyl sites for hydroxylation is 1. The largest absolute Gasteiger partial charge is 0.448 e. The number of fused-ring (bicyclic) bond motifs is 1. The number of hydrogen-bond acceptors (Lipinski definition) is 6. The zero-order valence-electron chi connectivity index (χ0n) is 24.5. The van der Waals surface area contributed by atoms with Gasteiger partial charge in [0.15, 0.2) is 11.5 Å². The number of amides is 1. The van der Waals surface area contributed by atoms with Crippen molar-refractivity contribution in [1.82, 2.24) is 15.2 Å². The third-order valence-electron chi connectivity index (χ3n) is 9.27. The fourth-order valence-corrected chi connectivity index (χ4v) is 9.48. The van der Waals surface area contributed by atoms with Gasteiger partial charge < -0.3 is 24.7 Å². The van der Waals surface area contributed by atoms with E-state index in [1.54, 1.807) is 6.07 Å². The lowest BCUT2D eigenvalue weighted by Gasteiger charge is -2.44. The fraction of sp³-hybridized carbons (Fsp3) is 0.600. The van der Waals surface area contributed by atoms with Crippen molar-refractivity contribution in [2.24, 2.45) is 5.92 Å². The Morgan fingerprint density at radius 3 is 2.45 bits per heavy atom. The highest BCUT2D eigenvalue weighted by molar-refractivity contribution is 7.98. The van der Waals surface area contributed by atoms with Crippen LogP contribution in [0.25, 0.3) is 0 Å². The van der Waals surface area contributed by atoms with Crippen molar-refractivity contribution in [3.8, 4) is 11.5 Å². The summed E-state index contributed by atoms with van der Waals surface area (Å²) in [4.78, 5) is 32.2. The molecule has 7 nitrogen and oxygen atoms in total. The Morgan fingerprint density at radius 1 is 1.15 bits per heavy atom. The number of halogens is 1. The van der Waals surface area contributed by atoms with Gasteiger partial charge in [-0.15, -0.1) is 11.8 Å². The Bertz CT molecular complexity index is 1350. The standard InChI is InChI=1S/C30H42ClN3O4SSi/c1-18-15-25(39-4)23(29(36)33-18)17-32-28(35)22-16-24(31)27-26(19(22)2)37-30(3,38-27)20-7-9-21(10-8-20)34-11-13-40(5,6)14-12-34/h15-16,20-21H,7-14,17H2,1-6H3,(H,32,35)(H,33,36). The molecule has 1 unspecified atom stereocenters. The average Bonchev–Trinajstić information content (AvgIpc) is 3.29. The number of benzene rings is 1. The van der Waals surface area contributed by atoms with E-state index in [0.717, 1.165) is 36.3 Å². The number of aromatic nitrogens is 1. The molecule has 3 heterocycles. The molecule has 1 aromatic heterocycles. The van der Waals surface area contributed by atoms with Gasteiger partial charge in [0.2, 0.25) is 0 Å². The quantitative estimate of drug-likeness (QED) is 0.295. The number of ether oxygens (including phenoxy) is 2. The Morgan fingerprint density at radius 2 is 1.80 bits per heavy atom. The number of aromatic amines is 1. The highest BCUT2D eigenvalue weighted by Crippen LogP contribution is 2.52. The van der Waals surface area contributed by atoms with Crippen LogP contribution in [0, 0.1) is 19.8 Å². The summed E-state index contributed by atoms with van der Waals surface area (Å²) in [6.07, 6.45) is 6.31. The molecule has 2 aliphatic heterocycles. The molecule has 1 aromatic carbocycles. The van der Waals surface area contributed by atoms with Crippen LogP contribution in [-0.2, 0) is 6.54 Å². The zero-order valence-corrected chi connectivity index (χ0v) is 27.1. The SMILES string of the molecule is CSc1cc(C)[nH]c(=O)c1CNC(=O)c1cc(Cl)c2c(c1C)OC(C)(C1CCC(N3CC[Si](C)(C)CC3)CC1)O2. The fourth-order valence-electron chi connectivity index (χ4n) is 6.51. The number of hydrogen-bond donors (Lipinski definition) is 2. The summed E-state index contributed by atoms with van der Waals surface area (Å²) in [5.41, 5.74) is 2.25. The van der Waals surface area contributed by atoms with Crippen LogP contribution in [0.3, 0.4) is 0 Å². The minimum atomic E-state index is -0.973. The monoisotopic (exact) mass is 603 g/mol. The Kier molecular flexibility index (Phi) is 8.41. The van der Waals surface area contributed by atoms with Crippen molar-refractivity contribution in [2.45, 2.75) is 94.9 Å². The summed E-state index contributed by atoms with van der Waals surface area (Å²) in [5.74, 6) is 0.194. The number of rotatable bonds is 6. The van der Waals surface area contributed by atoms with Gasteiger partial charge in [0.25, 0.3) is 17.3 Å². The number of H-pyrrole nitrogens is 1. The first-order valence-electron chi connectivity index (χ1n) is 14.4. The second kappa shape index (κ2) is 11.4. The van der Waals surface area contributed by atoms with Crippen LogP contribution >= 0.6 is 23.4 Å². The van der Waals surface area contributed by atoms with Gasteiger partial charge in [-0.1, -0.05) is 24.7 Å². The third kappa shape index (κ3) is 5.85. The first-order chi connectivity index (χ1) is 18.9. The van der Waals surface area contributed by atoms with Crippen molar-refractivity contribution in [2.75, 3.05) is 19.3 Å². The molecule has 3 aliphatic rings. The number of carbonyl (C=O) groups excluding carboxylic acids is 1. The molecule has 1 saturated heterocycles. The predicted octanol–water partition coefficient (Wildman–Crippen LogP) is 6.37. The molecule has 1 amide bonds. The van der Waals surface area contributed by atoms with Gasteiger partial charge in [-0.3, -0.25) is 9.59 Å². The van der Waals surface area contributed by atoms with Gasteiger partial charge in [0.05, 0.1) is 5.02 Å². The van der Waals surface area contributed by atoms with Crippen molar-refractivity contribution < 1.29 is 14.3 Å². The molecule has 1 atom stereocenters. The van der Waals surface area contributed by atoms with E-state index >= 15 is 0 Å². The van der Waals surface area contributed by atoms with Crippen molar-refractivity contribution in [3.05, 3.63) is 49.9 Å². The molecule has 10 heteroatoms. The van der Waals surface area contributed by atoms with Gasteiger partial charge in [-0.2, -0.15) is 0 Å².